The second kappa shape index (κ2) is 4.47. The van der Waals surface area contributed by atoms with Crippen molar-refractivity contribution in [2.75, 3.05) is 6.54 Å². The summed E-state index contributed by atoms with van der Waals surface area (Å²) in [6.45, 7) is 5.62. The number of aliphatic hydroxyl groups excluding tert-OH is 2. The fourth-order valence-electron chi connectivity index (χ4n) is 1.43. The fraction of sp³-hybridized carbons (Fsp3) is 0.900. The Kier molecular flexibility index (Phi) is 3.70. The monoisotopic (exact) mass is 216 g/mol. The van der Waals surface area contributed by atoms with E-state index >= 15 is 0 Å². The molecule has 3 unspecified atom stereocenters. The van der Waals surface area contributed by atoms with Gasteiger partial charge >= 0.3 is 0 Å². The molecule has 0 spiro atoms. The molecule has 88 valence electrons. The molecule has 0 aromatic heterocycles. The number of amides is 1. The van der Waals surface area contributed by atoms with Crippen LogP contribution in [0.2, 0.25) is 0 Å². The molecule has 1 heterocycles. The highest BCUT2D eigenvalue weighted by molar-refractivity contribution is 5.82. The van der Waals surface area contributed by atoms with Crippen LogP contribution in [0, 0.1) is 0 Å². The summed E-state index contributed by atoms with van der Waals surface area (Å²) in [4.78, 5) is 11.7. The van der Waals surface area contributed by atoms with E-state index < -0.39 is 17.7 Å². The predicted octanol–water partition coefficient (Wildman–Crippen LogP) is -1.02. The van der Waals surface area contributed by atoms with Gasteiger partial charge in [0.15, 0.2) is 0 Å². The van der Waals surface area contributed by atoms with Crippen molar-refractivity contribution in [3.63, 3.8) is 0 Å². The van der Waals surface area contributed by atoms with Crippen LogP contribution in [0.1, 0.15) is 27.2 Å². The summed E-state index contributed by atoms with van der Waals surface area (Å²) >= 11 is 0. The van der Waals surface area contributed by atoms with Gasteiger partial charge in [0.1, 0.15) is 0 Å². The van der Waals surface area contributed by atoms with Gasteiger partial charge in [0.2, 0.25) is 5.91 Å². The maximum Gasteiger partial charge on any atom is 0.237 e. The van der Waals surface area contributed by atoms with Gasteiger partial charge in [0, 0.05) is 6.54 Å². The Morgan fingerprint density at radius 3 is 2.60 bits per heavy atom. The molecular weight excluding hydrogens is 196 g/mol. The minimum Gasteiger partial charge on any atom is -0.392 e. The first-order chi connectivity index (χ1) is 6.83. The third kappa shape index (κ3) is 3.15. The maximum absolute atomic E-state index is 11.7. The van der Waals surface area contributed by atoms with Crippen molar-refractivity contribution >= 4 is 5.91 Å². The van der Waals surface area contributed by atoms with E-state index in [1.807, 2.05) is 0 Å². The van der Waals surface area contributed by atoms with Crippen LogP contribution in [0.15, 0.2) is 0 Å². The van der Waals surface area contributed by atoms with Crippen molar-refractivity contribution < 1.29 is 15.0 Å². The highest BCUT2D eigenvalue weighted by Crippen LogP contribution is 2.11. The molecule has 0 aromatic carbocycles. The van der Waals surface area contributed by atoms with E-state index in [1.165, 1.54) is 0 Å². The lowest BCUT2D eigenvalue weighted by Gasteiger charge is -2.30. The van der Waals surface area contributed by atoms with Gasteiger partial charge in [-0.05, 0) is 27.2 Å². The third-order valence-electron chi connectivity index (χ3n) is 2.91. The van der Waals surface area contributed by atoms with Crippen LogP contribution in [-0.2, 0) is 4.79 Å². The van der Waals surface area contributed by atoms with Crippen LogP contribution in [-0.4, -0.2) is 46.5 Å². The van der Waals surface area contributed by atoms with E-state index in [1.54, 1.807) is 20.8 Å². The van der Waals surface area contributed by atoms with Crippen molar-refractivity contribution in [2.45, 2.75) is 51.0 Å². The number of nitrogens with one attached hydrogen (secondary N) is 2. The van der Waals surface area contributed by atoms with E-state index in [0.717, 1.165) is 0 Å². The molecule has 5 nitrogen and oxygen atoms in total. The Morgan fingerprint density at radius 2 is 2.20 bits per heavy atom. The van der Waals surface area contributed by atoms with Gasteiger partial charge in [-0.1, -0.05) is 0 Å². The predicted molar refractivity (Wildman–Crippen MR) is 56.3 cm³/mol. The Hall–Kier alpha value is -0.650. The molecule has 1 amide bonds. The average molecular weight is 216 g/mol. The van der Waals surface area contributed by atoms with Crippen LogP contribution in [0.4, 0.5) is 0 Å². The van der Waals surface area contributed by atoms with E-state index in [0.29, 0.717) is 13.0 Å². The molecule has 5 heteroatoms. The van der Waals surface area contributed by atoms with Crippen molar-refractivity contribution in [3.05, 3.63) is 0 Å². The molecule has 0 aromatic rings. The van der Waals surface area contributed by atoms with Gasteiger partial charge in [-0.3, -0.25) is 4.79 Å². The second-order valence-corrected chi connectivity index (χ2v) is 4.74. The van der Waals surface area contributed by atoms with E-state index in [9.17, 15) is 15.0 Å². The summed E-state index contributed by atoms with van der Waals surface area (Å²) in [7, 11) is 0. The lowest BCUT2D eigenvalue weighted by atomic mass is 9.98. The summed E-state index contributed by atoms with van der Waals surface area (Å²) < 4.78 is 0. The summed E-state index contributed by atoms with van der Waals surface area (Å²) in [6, 6.07) is -0.349. The SMILES string of the molecule is CC(O)C(C)(C)NC(=O)C1CC(O)CN1. The molecule has 0 bridgehead atoms. The molecule has 1 aliphatic rings. The molecule has 1 aliphatic heterocycles. The summed E-state index contributed by atoms with van der Waals surface area (Å²) in [5.41, 5.74) is -0.647. The first kappa shape index (κ1) is 12.4. The zero-order chi connectivity index (χ0) is 11.6. The van der Waals surface area contributed by atoms with Gasteiger partial charge in [-0.15, -0.1) is 0 Å². The Bertz CT molecular complexity index is 241. The number of carbonyl (C=O) groups excluding carboxylic acids is 1. The lowest BCUT2D eigenvalue weighted by Crippen LogP contribution is -2.55. The van der Waals surface area contributed by atoms with Crippen LogP contribution >= 0.6 is 0 Å². The number of carbonyl (C=O) groups is 1. The standard InChI is InChI=1S/C10H20N2O3/c1-6(13)10(2,3)12-9(15)8-4-7(14)5-11-8/h6-8,11,13-14H,4-5H2,1-3H3,(H,12,15). The lowest BCUT2D eigenvalue weighted by molar-refractivity contribution is -0.125. The Morgan fingerprint density at radius 1 is 1.60 bits per heavy atom. The zero-order valence-corrected chi connectivity index (χ0v) is 9.45. The quantitative estimate of drug-likeness (QED) is 0.487. The van der Waals surface area contributed by atoms with Gasteiger partial charge in [-0.25, -0.2) is 0 Å². The molecule has 3 atom stereocenters. The molecule has 1 rings (SSSR count). The Balaban J connectivity index is 2.49. The minimum absolute atomic E-state index is 0.169. The zero-order valence-electron chi connectivity index (χ0n) is 9.45. The molecule has 1 fully saturated rings. The smallest absolute Gasteiger partial charge is 0.237 e. The van der Waals surface area contributed by atoms with E-state index in [4.69, 9.17) is 0 Å². The van der Waals surface area contributed by atoms with Crippen molar-refractivity contribution in [1.29, 1.82) is 0 Å². The number of hydrogen-bond donors (Lipinski definition) is 4. The molecule has 0 saturated carbocycles. The molecular formula is C10H20N2O3. The Labute approximate surface area is 89.9 Å². The number of β-amino-alcohol motifs (C(OH)–C–C–N with tert-alkyl or cyclic N) is 1. The minimum atomic E-state index is -0.647. The first-order valence-electron chi connectivity index (χ1n) is 5.24. The van der Waals surface area contributed by atoms with E-state index in [2.05, 4.69) is 10.6 Å². The number of hydrogen-bond acceptors (Lipinski definition) is 4. The number of aliphatic hydroxyl groups is 2. The average Bonchev–Trinajstić information content (AvgIpc) is 2.50. The molecule has 4 N–H and O–H groups in total. The highest BCUT2D eigenvalue weighted by atomic mass is 16.3. The number of rotatable bonds is 3. The normalized spacial score (nSPS) is 28.9. The maximum atomic E-state index is 11.7. The fourth-order valence-corrected chi connectivity index (χ4v) is 1.43. The van der Waals surface area contributed by atoms with Crippen LogP contribution < -0.4 is 10.6 Å². The third-order valence-corrected chi connectivity index (χ3v) is 2.91. The van der Waals surface area contributed by atoms with E-state index in [-0.39, 0.29) is 11.9 Å². The summed E-state index contributed by atoms with van der Waals surface area (Å²) in [5, 5.41) is 24.4. The molecule has 0 radical (unpaired) electrons. The van der Waals surface area contributed by atoms with Crippen LogP contribution in [0.5, 0.6) is 0 Å². The second-order valence-electron chi connectivity index (χ2n) is 4.74. The van der Waals surface area contributed by atoms with Crippen molar-refractivity contribution in [2.24, 2.45) is 0 Å². The topological polar surface area (TPSA) is 81.6 Å². The highest BCUT2D eigenvalue weighted by Gasteiger charge is 2.33. The van der Waals surface area contributed by atoms with Gasteiger partial charge in [0.05, 0.1) is 23.8 Å². The van der Waals surface area contributed by atoms with Gasteiger partial charge in [-0.2, -0.15) is 0 Å². The molecule has 0 aliphatic carbocycles. The molecule has 15 heavy (non-hydrogen) atoms. The summed E-state index contributed by atoms with van der Waals surface area (Å²) in [6.07, 6.45) is -0.634. The van der Waals surface area contributed by atoms with Crippen LogP contribution in [0.3, 0.4) is 0 Å². The largest absolute Gasteiger partial charge is 0.392 e. The van der Waals surface area contributed by atoms with Crippen molar-refractivity contribution in [3.8, 4) is 0 Å². The molecule has 1 saturated heterocycles. The first-order valence-corrected chi connectivity index (χ1v) is 5.24. The van der Waals surface area contributed by atoms with Crippen molar-refractivity contribution in [1.82, 2.24) is 10.6 Å². The van der Waals surface area contributed by atoms with Crippen LogP contribution in [0.25, 0.3) is 0 Å². The summed E-state index contributed by atoms with van der Waals surface area (Å²) in [5.74, 6) is -0.169. The van der Waals surface area contributed by atoms with Gasteiger partial charge < -0.3 is 20.8 Å². The van der Waals surface area contributed by atoms with Gasteiger partial charge in [0.25, 0.3) is 0 Å².